The maximum absolute atomic E-state index is 12.2. The number of methoxy groups -OCH3 is 1. The first-order valence-corrected chi connectivity index (χ1v) is 6.70. The van der Waals surface area contributed by atoms with Crippen LogP contribution in [0.5, 0.6) is 5.75 Å². The first-order chi connectivity index (χ1) is 11.7. The molecule has 24 heavy (non-hydrogen) atoms. The predicted octanol–water partition coefficient (Wildman–Crippen LogP) is 1.48. The van der Waals surface area contributed by atoms with Crippen LogP contribution in [0.3, 0.4) is 0 Å². The van der Waals surface area contributed by atoms with Crippen LogP contribution in [0, 0.1) is 0 Å². The number of nitrogen functional groups attached to an aromatic ring is 1. The molecule has 3 aromatic heterocycles. The Labute approximate surface area is 132 Å². The van der Waals surface area contributed by atoms with Crippen LogP contribution in [-0.4, -0.2) is 27.6 Å². The summed E-state index contributed by atoms with van der Waals surface area (Å²) in [6.07, 6.45) is 0. The van der Waals surface area contributed by atoms with E-state index in [1.807, 2.05) is 0 Å². The van der Waals surface area contributed by atoms with E-state index in [2.05, 4.69) is 25.1 Å². The number of benzene rings is 1. The van der Waals surface area contributed by atoms with Crippen LogP contribution in [0.15, 0.2) is 42.6 Å². The molecule has 0 aliphatic carbocycles. The minimum Gasteiger partial charge on any atom is -0.497 e. The van der Waals surface area contributed by atoms with Crippen molar-refractivity contribution in [3.63, 3.8) is 0 Å². The molecule has 0 fully saturated rings. The molecule has 120 valence electrons. The molecule has 0 radical (unpaired) electrons. The smallest absolute Gasteiger partial charge is 0.349 e. The van der Waals surface area contributed by atoms with Gasteiger partial charge in [-0.25, -0.2) is 9.42 Å². The van der Waals surface area contributed by atoms with Crippen molar-refractivity contribution in [3.8, 4) is 28.7 Å². The normalized spacial score (nSPS) is 11.0. The fourth-order valence-corrected chi connectivity index (χ4v) is 2.16. The van der Waals surface area contributed by atoms with Crippen molar-refractivity contribution in [3.05, 3.63) is 34.7 Å². The summed E-state index contributed by atoms with van der Waals surface area (Å²) in [7, 11) is 1.54. The lowest BCUT2D eigenvalue weighted by Gasteiger charge is -2.02. The van der Waals surface area contributed by atoms with E-state index in [-0.39, 0.29) is 28.8 Å². The summed E-state index contributed by atoms with van der Waals surface area (Å²) in [6.45, 7) is 0. The third-order valence-corrected chi connectivity index (χ3v) is 3.32. The molecular formula is C14H9N5O5. The average molecular weight is 327 g/mol. The van der Waals surface area contributed by atoms with Gasteiger partial charge in [0.05, 0.1) is 7.11 Å². The lowest BCUT2D eigenvalue weighted by molar-refractivity contribution is 0.310. The molecule has 4 aromatic rings. The van der Waals surface area contributed by atoms with Gasteiger partial charge in [0.25, 0.3) is 5.89 Å². The number of rotatable bonds is 3. The van der Waals surface area contributed by atoms with Crippen molar-refractivity contribution in [1.29, 1.82) is 0 Å². The third-order valence-electron chi connectivity index (χ3n) is 3.32. The van der Waals surface area contributed by atoms with Crippen LogP contribution in [0.2, 0.25) is 0 Å². The van der Waals surface area contributed by atoms with E-state index < -0.39 is 5.63 Å². The highest BCUT2D eigenvalue weighted by Crippen LogP contribution is 2.26. The Morgan fingerprint density at radius 3 is 2.79 bits per heavy atom. The monoisotopic (exact) mass is 327 g/mol. The topological polar surface area (TPSA) is 143 Å². The molecule has 4 rings (SSSR count). The molecule has 3 heterocycles. The molecule has 0 amide bonds. The Bertz CT molecular complexity index is 1100. The summed E-state index contributed by atoms with van der Waals surface area (Å²) in [5, 5.41) is 11.4. The summed E-state index contributed by atoms with van der Waals surface area (Å²) in [6, 6.07) is 6.63. The van der Waals surface area contributed by atoms with E-state index in [1.165, 1.54) is 0 Å². The standard InChI is InChI=1S/C14H9N5O5/c1-21-7-2-3-9-6(4-7)5-8(14(20)22-9)13-16-12(19-23-13)10-11(15)18-24-17-10/h2-5H,1H3,(H2,15,18). The third kappa shape index (κ3) is 2.17. The van der Waals surface area contributed by atoms with Crippen molar-refractivity contribution in [2.45, 2.75) is 0 Å². The van der Waals surface area contributed by atoms with Crippen LogP contribution >= 0.6 is 0 Å². The maximum atomic E-state index is 12.2. The summed E-state index contributed by atoms with van der Waals surface area (Å²) in [4.78, 5) is 16.2. The van der Waals surface area contributed by atoms with Crippen molar-refractivity contribution in [1.82, 2.24) is 20.5 Å². The average Bonchev–Trinajstić information content (AvgIpc) is 3.22. The fraction of sp³-hybridized carbons (Fsp3) is 0.0714. The zero-order valence-electron chi connectivity index (χ0n) is 12.2. The van der Waals surface area contributed by atoms with Gasteiger partial charge in [-0.1, -0.05) is 5.16 Å². The lowest BCUT2D eigenvalue weighted by atomic mass is 10.2. The lowest BCUT2D eigenvalue weighted by Crippen LogP contribution is -2.03. The van der Waals surface area contributed by atoms with Gasteiger partial charge in [0.15, 0.2) is 11.5 Å². The Balaban J connectivity index is 1.84. The van der Waals surface area contributed by atoms with Gasteiger partial charge in [0.2, 0.25) is 5.82 Å². The van der Waals surface area contributed by atoms with E-state index in [0.717, 1.165) is 0 Å². The number of nitrogens with zero attached hydrogens (tertiary/aromatic N) is 4. The van der Waals surface area contributed by atoms with Crippen LogP contribution < -0.4 is 16.1 Å². The van der Waals surface area contributed by atoms with Gasteiger partial charge in [0.1, 0.15) is 16.9 Å². The number of ether oxygens (including phenoxy) is 1. The molecule has 0 saturated heterocycles. The molecule has 0 bridgehead atoms. The molecule has 1 aromatic carbocycles. The Hall–Kier alpha value is -3.69. The minimum atomic E-state index is -0.617. The van der Waals surface area contributed by atoms with Gasteiger partial charge in [-0.15, -0.1) is 0 Å². The highest BCUT2D eigenvalue weighted by atomic mass is 16.6. The minimum absolute atomic E-state index is 0.0117. The zero-order chi connectivity index (χ0) is 16.7. The summed E-state index contributed by atoms with van der Waals surface area (Å²) < 4.78 is 20.0. The van der Waals surface area contributed by atoms with Gasteiger partial charge < -0.3 is 19.4 Å². The predicted molar refractivity (Wildman–Crippen MR) is 80.0 cm³/mol. The van der Waals surface area contributed by atoms with Crippen LogP contribution in [0.25, 0.3) is 33.9 Å². The highest BCUT2D eigenvalue weighted by Gasteiger charge is 2.20. The molecule has 0 atom stereocenters. The number of fused-ring (bicyclic) bond motifs is 1. The molecule has 10 heteroatoms. The zero-order valence-corrected chi connectivity index (χ0v) is 12.2. The van der Waals surface area contributed by atoms with Gasteiger partial charge in [-0.3, -0.25) is 0 Å². The van der Waals surface area contributed by atoms with Gasteiger partial charge >= 0.3 is 5.63 Å². The van der Waals surface area contributed by atoms with Crippen molar-refractivity contribution in [2.75, 3.05) is 12.8 Å². The van der Waals surface area contributed by atoms with E-state index in [9.17, 15) is 4.79 Å². The van der Waals surface area contributed by atoms with E-state index in [4.69, 9.17) is 19.4 Å². The van der Waals surface area contributed by atoms with Gasteiger partial charge in [-0.05, 0) is 34.6 Å². The van der Waals surface area contributed by atoms with E-state index in [1.54, 1.807) is 31.4 Å². The number of hydrogen-bond donors (Lipinski definition) is 1. The second kappa shape index (κ2) is 5.19. The second-order valence-corrected chi connectivity index (χ2v) is 4.77. The number of aromatic nitrogens is 4. The van der Waals surface area contributed by atoms with Gasteiger partial charge in [-0.2, -0.15) is 4.98 Å². The first-order valence-electron chi connectivity index (χ1n) is 6.70. The summed E-state index contributed by atoms with van der Waals surface area (Å²) in [5.74, 6) is 0.646. The van der Waals surface area contributed by atoms with Crippen molar-refractivity contribution < 1.29 is 18.3 Å². The van der Waals surface area contributed by atoms with E-state index >= 15 is 0 Å². The van der Waals surface area contributed by atoms with Crippen molar-refractivity contribution in [2.24, 2.45) is 0 Å². The number of hydrogen-bond acceptors (Lipinski definition) is 10. The summed E-state index contributed by atoms with van der Waals surface area (Å²) in [5.41, 5.74) is 5.59. The SMILES string of the molecule is COc1ccc2oc(=O)c(-c3nc(-c4nonc4N)no3)cc2c1. The maximum Gasteiger partial charge on any atom is 0.349 e. The first kappa shape index (κ1) is 13.9. The quantitative estimate of drug-likeness (QED) is 0.549. The van der Waals surface area contributed by atoms with E-state index in [0.29, 0.717) is 16.7 Å². The highest BCUT2D eigenvalue weighted by molar-refractivity contribution is 5.81. The largest absolute Gasteiger partial charge is 0.497 e. The van der Waals surface area contributed by atoms with Crippen LogP contribution in [0.4, 0.5) is 5.82 Å². The Morgan fingerprint density at radius 2 is 2.04 bits per heavy atom. The van der Waals surface area contributed by atoms with Crippen LogP contribution in [-0.2, 0) is 0 Å². The Morgan fingerprint density at radius 1 is 1.17 bits per heavy atom. The van der Waals surface area contributed by atoms with Gasteiger partial charge in [0, 0.05) is 5.39 Å². The molecule has 2 N–H and O–H groups in total. The fourth-order valence-electron chi connectivity index (χ4n) is 2.16. The molecule has 0 unspecified atom stereocenters. The molecule has 10 nitrogen and oxygen atoms in total. The second-order valence-electron chi connectivity index (χ2n) is 4.77. The Kier molecular flexibility index (Phi) is 3.02. The molecule has 0 spiro atoms. The molecule has 0 aliphatic heterocycles. The molecule has 0 aliphatic rings. The number of anilines is 1. The number of nitrogens with two attached hydrogens (primary N) is 1. The molecule has 0 saturated carbocycles. The summed E-state index contributed by atoms with van der Waals surface area (Å²) >= 11 is 0. The van der Waals surface area contributed by atoms with Crippen molar-refractivity contribution >= 4 is 16.8 Å². The van der Waals surface area contributed by atoms with Crippen LogP contribution in [0.1, 0.15) is 0 Å². The molecular weight excluding hydrogens is 318 g/mol.